The van der Waals surface area contributed by atoms with E-state index in [1.807, 2.05) is 24.3 Å². The van der Waals surface area contributed by atoms with Crippen LogP contribution in [0.4, 0.5) is 5.82 Å². The Kier molecular flexibility index (Phi) is 2.04. The van der Waals surface area contributed by atoms with Gasteiger partial charge in [0.1, 0.15) is 5.82 Å². The number of nitrogens with one attached hydrogen (secondary N) is 1. The zero-order valence-corrected chi connectivity index (χ0v) is 7.55. The topological polar surface area (TPSA) is 50.9 Å². The van der Waals surface area contributed by atoms with Crippen LogP contribution in [0.3, 0.4) is 0 Å². The van der Waals surface area contributed by atoms with Crippen molar-refractivity contribution in [2.45, 2.75) is 0 Å². The molecule has 3 N–H and O–H groups in total. The molecule has 3 nitrogen and oxygen atoms in total. The number of hydrogen-bond donors (Lipinski definition) is 2. The van der Waals surface area contributed by atoms with E-state index >= 15 is 0 Å². The molecule has 4 heteroatoms. The summed E-state index contributed by atoms with van der Waals surface area (Å²) in [6, 6.07) is 7.47. The van der Waals surface area contributed by atoms with Gasteiger partial charge in [-0.1, -0.05) is 11.6 Å². The first-order chi connectivity index (χ1) is 6.31. The number of aromatic nitrogens is 1. The smallest absolute Gasteiger partial charge is 0.147 e. The molecule has 0 saturated carbocycles. The minimum Gasteiger partial charge on any atom is -0.308 e. The van der Waals surface area contributed by atoms with Crippen LogP contribution in [0.2, 0.25) is 5.02 Å². The highest BCUT2D eigenvalue weighted by Crippen LogP contribution is 2.23. The average molecular weight is 194 g/mol. The van der Waals surface area contributed by atoms with Gasteiger partial charge in [0.2, 0.25) is 0 Å². The number of rotatable bonds is 1. The molecule has 66 valence electrons. The van der Waals surface area contributed by atoms with Gasteiger partial charge in [-0.05, 0) is 29.7 Å². The van der Waals surface area contributed by atoms with Crippen LogP contribution >= 0.6 is 11.6 Å². The third kappa shape index (κ3) is 1.43. The molecule has 0 aliphatic rings. The van der Waals surface area contributed by atoms with Gasteiger partial charge in [0.25, 0.3) is 0 Å². The summed E-state index contributed by atoms with van der Waals surface area (Å²) >= 11 is 5.84. The molecule has 0 aliphatic heterocycles. The summed E-state index contributed by atoms with van der Waals surface area (Å²) in [5.41, 5.74) is 2.54. The van der Waals surface area contributed by atoms with Crippen LogP contribution < -0.4 is 11.3 Å². The lowest BCUT2D eigenvalue weighted by Crippen LogP contribution is -2.08. The summed E-state index contributed by atoms with van der Waals surface area (Å²) in [5, 5.41) is 2.70. The Hall–Kier alpha value is -1.32. The van der Waals surface area contributed by atoms with E-state index in [0.717, 1.165) is 10.8 Å². The molecule has 1 heterocycles. The fraction of sp³-hybridized carbons (Fsp3) is 0. The fourth-order valence-electron chi connectivity index (χ4n) is 1.26. The van der Waals surface area contributed by atoms with Gasteiger partial charge < -0.3 is 5.43 Å². The molecule has 0 radical (unpaired) electrons. The predicted molar refractivity (Wildman–Crippen MR) is 54.6 cm³/mol. The van der Waals surface area contributed by atoms with Crippen LogP contribution in [-0.2, 0) is 0 Å². The van der Waals surface area contributed by atoms with Crippen molar-refractivity contribution >= 4 is 28.2 Å². The van der Waals surface area contributed by atoms with Crippen LogP contribution in [-0.4, -0.2) is 4.98 Å². The van der Waals surface area contributed by atoms with Crippen molar-refractivity contribution in [3.05, 3.63) is 35.5 Å². The lowest BCUT2D eigenvalue weighted by Gasteiger charge is -2.03. The van der Waals surface area contributed by atoms with Crippen molar-refractivity contribution in [1.82, 2.24) is 4.98 Å². The number of fused-ring (bicyclic) bond motifs is 1. The minimum absolute atomic E-state index is 0.661. The number of nitrogens with two attached hydrogens (primary N) is 1. The summed E-state index contributed by atoms with van der Waals surface area (Å²) in [7, 11) is 0. The van der Waals surface area contributed by atoms with E-state index in [-0.39, 0.29) is 0 Å². The Morgan fingerprint density at radius 3 is 2.92 bits per heavy atom. The normalized spacial score (nSPS) is 10.3. The standard InChI is InChI=1S/C9H8ClN3/c10-7-1-2-8-6(5-7)3-4-12-9(8)13-11/h1-5H,11H2,(H,12,13). The Morgan fingerprint density at radius 2 is 2.15 bits per heavy atom. The summed E-state index contributed by atoms with van der Waals surface area (Å²) < 4.78 is 0. The molecule has 0 atom stereocenters. The lowest BCUT2D eigenvalue weighted by molar-refractivity contribution is 1.25. The van der Waals surface area contributed by atoms with Gasteiger partial charge >= 0.3 is 0 Å². The van der Waals surface area contributed by atoms with Gasteiger partial charge in [-0.15, -0.1) is 0 Å². The number of hydrogen-bond acceptors (Lipinski definition) is 3. The molecule has 13 heavy (non-hydrogen) atoms. The number of nitrogen functional groups attached to an aromatic ring is 1. The van der Waals surface area contributed by atoms with Gasteiger partial charge in [-0.2, -0.15) is 0 Å². The van der Waals surface area contributed by atoms with Gasteiger partial charge in [-0.25, -0.2) is 10.8 Å². The maximum absolute atomic E-state index is 5.84. The Labute approximate surface area is 80.5 Å². The van der Waals surface area contributed by atoms with E-state index in [4.69, 9.17) is 17.4 Å². The van der Waals surface area contributed by atoms with Crippen LogP contribution in [0.25, 0.3) is 10.8 Å². The van der Waals surface area contributed by atoms with E-state index in [9.17, 15) is 0 Å². The summed E-state index contributed by atoms with van der Waals surface area (Å²) in [6.45, 7) is 0. The van der Waals surface area contributed by atoms with Crippen molar-refractivity contribution < 1.29 is 0 Å². The van der Waals surface area contributed by atoms with E-state index < -0.39 is 0 Å². The quantitative estimate of drug-likeness (QED) is 0.539. The predicted octanol–water partition coefficient (Wildman–Crippen LogP) is 2.17. The molecule has 2 aromatic rings. The molecule has 0 aliphatic carbocycles. The van der Waals surface area contributed by atoms with Crippen molar-refractivity contribution in [3.8, 4) is 0 Å². The minimum atomic E-state index is 0.661. The van der Waals surface area contributed by atoms with Gasteiger partial charge in [-0.3, -0.25) is 0 Å². The maximum Gasteiger partial charge on any atom is 0.147 e. The van der Waals surface area contributed by atoms with Gasteiger partial charge in [0.15, 0.2) is 0 Å². The molecule has 1 aromatic carbocycles. The second-order valence-corrected chi connectivity index (χ2v) is 3.11. The number of hydrazine groups is 1. The SMILES string of the molecule is NNc1nccc2cc(Cl)ccc12. The molecular formula is C9H8ClN3. The number of nitrogens with zero attached hydrogens (tertiary/aromatic N) is 1. The zero-order chi connectivity index (χ0) is 9.26. The van der Waals surface area contributed by atoms with Crippen molar-refractivity contribution in [2.24, 2.45) is 5.84 Å². The molecule has 0 bridgehead atoms. The monoisotopic (exact) mass is 193 g/mol. The highest BCUT2D eigenvalue weighted by Gasteiger charge is 1.99. The third-order valence-corrected chi connectivity index (χ3v) is 2.10. The second kappa shape index (κ2) is 3.20. The second-order valence-electron chi connectivity index (χ2n) is 2.67. The van der Waals surface area contributed by atoms with E-state index in [0.29, 0.717) is 10.8 Å². The highest BCUT2D eigenvalue weighted by atomic mass is 35.5. The summed E-state index contributed by atoms with van der Waals surface area (Å²) in [6.07, 6.45) is 1.69. The first-order valence-electron chi connectivity index (χ1n) is 3.82. The van der Waals surface area contributed by atoms with Crippen LogP contribution in [0, 0.1) is 0 Å². The molecule has 0 saturated heterocycles. The van der Waals surface area contributed by atoms with Crippen molar-refractivity contribution in [1.29, 1.82) is 0 Å². The zero-order valence-electron chi connectivity index (χ0n) is 6.79. The first-order valence-corrected chi connectivity index (χ1v) is 4.20. The number of benzene rings is 1. The van der Waals surface area contributed by atoms with Crippen LogP contribution in [0.5, 0.6) is 0 Å². The molecule has 0 unspecified atom stereocenters. The van der Waals surface area contributed by atoms with Crippen LogP contribution in [0.15, 0.2) is 30.5 Å². The molecule has 0 spiro atoms. The molecular weight excluding hydrogens is 186 g/mol. The van der Waals surface area contributed by atoms with E-state index in [2.05, 4.69) is 10.4 Å². The van der Waals surface area contributed by atoms with Gasteiger partial charge in [0.05, 0.1) is 0 Å². The van der Waals surface area contributed by atoms with Crippen molar-refractivity contribution in [2.75, 3.05) is 5.43 Å². The third-order valence-electron chi connectivity index (χ3n) is 1.86. The fourth-order valence-corrected chi connectivity index (χ4v) is 1.44. The van der Waals surface area contributed by atoms with Crippen molar-refractivity contribution in [3.63, 3.8) is 0 Å². The Balaban J connectivity index is 2.77. The maximum atomic E-state index is 5.84. The molecule has 2 rings (SSSR count). The van der Waals surface area contributed by atoms with Gasteiger partial charge in [0, 0.05) is 16.6 Å². The number of anilines is 1. The van der Waals surface area contributed by atoms with E-state index in [1.54, 1.807) is 6.20 Å². The summed E-state index contributed by atoms with van der Waals surface area (Å²) in [4.78, 5) is 4.08. The summed E-state index contributed by atoms with van der Waals surface area (Å²) in [5.74, 6) is 5.97. The number of halogens is 1. The largest absolute Gasteiger partial charge is 0.308 e. The van der Waals surface area contributed by atoms with E-state index in [1.165, 1.54) is 0 Å². The average Bonchev–Trinajstić information content (AvgIpc) is 2.16. The molecule has 0 amide bonds. The number of pyridine rings is 1. The molecule has 0 fully saturated rings. The Morgan fingerprint density at radius 1 is 1.31 bits per heavy atom. The molecule has 1 aromatic heterocycles. The lowest BCUT2D eigenvalue weighted by atomic mass is 10.2. The highest BCUT2D eigenvalue weighted by molar-refractivity contribution is 6.31. The first kappa shape index (κ1) is 8.29. The Bertz CT molecular complexity index is 442. The van der Waals surface area contributed by atoms with Crippen LogP contribution in [0.1, 0.15) is 0 Å².